The molecule has 1 N–H and O–H groups in total. The maximum Gasteiger partial charge on any atom is 0.252 e. The fraction of sp³-hybridized carbons (Fsp3) is 0.462. The zero-order valence-corrected chi connectivity index (χ0v) is 10.9. The van der Waals surface area contributed by atoms with E-state index in [0.717, 1.165) is 31.7 Å². The van der Waals surface area contributed by atoms with Gasteiger partial charge in [0.05, 0.1) is 12.4 Å². The highest BCUT2D eigenvalue weighted by Gasteiger charge is 2.22. The average molecular weight is 259 g/mol. The number of aryl methyl sites for hydroxylation is 1. The Morgan fingerprint density at radius 3 is 3.11 bits per heavy atom. The van der Waals surface area contributed by atoms with Crippen LogP contribution >= 0.6 is 0 Å². The van der Waals surface area contributed by atoms with Crippen LogP contribution in [0.5, 0.6) is 0 Å². The third-order valence-electron chi connectivity index (χ3n) is 3.51. The fourth-order valence-corrected chi connectivity index (χ4v) is 2.62. The fourth-order valence-electron chi connectivity index (χ4n) is 2.62. The number of aromatic nitrogens is 4. The van der Waals surface area contributed by atoms with Gasteiger partial charge < -0.3 is 14.5 Å². The zero-order valence-electron chi connectivity index (χ0n) is 10.9. The van der Waals surface area contributed by atoms with Gasteiger partial charge in [0, 0.05) is 31.5 Å². The van der Waals surface area contributed by atoms with Crippen molar-refractivity contribution in [1.29, 1.82) is 0 Å². The lowest BCUT2D eigenvalue weighted by Gasteiger charge is -2.34. The summed E-state index contributed by atoms with van der Waals surface area (Å²) in [5.74, 6) is 1.43. The van der Waals surface area contributed by atoms with E-state index in [1.165, 1.54) is 0 Å². The second-order valence-electron chi connectivity index (χ2n) is 4.94. The van der Waals surface area contributed by atoms with E-state index >= 15 is 0 Å². The SMILES string of the molecule is Cc1nc(N2CCCC(n3ccnc3)C2)cc(=O)[nH]1. The van der Waals surface area contributed by atoms with Crippen molar-refractivity contribution in [3.05, 3.63) is 41.0 Å². The Hall–Kier alpha value is -2.11. The van der Waals surface area contributed by atoms with E-state index in [1.807, 2.05) is 19.4 Å². The Balaban J connectivity index is 1.83. The van der Waals surface area contributed by atoms with Gasteiger partial charge in [-0.05, 0) is 19.8 Å². The molecule has 0 spiro atoms. The summed E-state index contributed by atoms with van der Waals surface area (Å²) in [5, 5.41) is 0. The first-order valence-corrected chi connectivity index (χ1v) is 6.53. The summed E-state index contributed by atoms with van der Waals surface area (Å²) in [5.41, 5.74) is -0.0905. The minimum atomic E-state index is -0.0905. The monoisotopic (exact) mass is 259 g/mol. The second kappa shape index (κ2) is 4.87. The molecule has 3 heterocycles. The van der Waals surface area contributed by atoms with Crippen LogP contribution in [-0.2, 0) is 0 Å². The van der Waals surface area contributed by atoms with Crippen molar-refractivity contribution < 1.29 is 0 Å². The van der Waals surface area contributed by atoms with Gasteiger partial charge in [-0.15, -0.1) is 0 Å². The van der Waals surface area contributed by atoms with Crippen molar-refractivity contribution in [2.24, 2.45) is 0 Å². The molecule has 0 radical (unpaired) electrons. The smallest absolute Gasteiger partial charge is 0.252 e. The third-order valence-corrected chi connectivity index (χ3v) is 3.51. The van der Waals surface area contributed by atoms with Crippen LogP contribution in [0.1, 0.15) is 24.7 Å². The van der Waals surface area contributed by atoms with Gasteiger partial charge in [0.1, 0.15) is 11.6 Å². The molecule has 6 nitrogen and oxygen atoms in total. The van der Waals surface area contributed by atoms with Crippen LogP contribution in [0, 0.1) is 6.92 Å². The molecule has 3 rings (SSSR count). The highest BCUT2D eigenvalue weighted by atomic mass is 16.1. The second-order valence-corrected chi connectivity index (χ2v) is 4.94. The molecule has 100 valence electrons. The highest BCUT2D eigenvalue weighted by Crippen LogP contribution is 2.24. The predicted octanol–water partition coefficient (Wildman–Crippen LogP) is 1.12. The Morgan fingerprint density at radius 1 is 1.47 bits per heavy atom. The molecule has 6 heteroatoms. The van der Waals surface area contributed by atoms with E-state index in [0.29, 0.717) is 11.9 Å². The number of nitrogens with zero attached hydrogens (tertiary/aromatic N) is 4. The van der Waals surface area contributed by atoms with Crippen LogP contribution in [0.2, 0.25) is 0 Å². The average Bonchev–Trinajstić information content (AvgIpc) is 2.92. The summed E-state index contributed by atoms with van der Waals surface area (Å²) in [6, 6.07) is 1.97. The van der Waals surface area contributed by atoms with Gasteiger partial charge in [0.25, 0.3) is 5.56 Å². The Labute approximate surface area is 111 Å². The topological polar surface area (TPSA) is 66.8 Å². The molecule has 1 atom stereocenters. The standard InChI is InChI=1S/C13H17N5O/c1-10-15-12(7-13(19)16-10)17-5-2-3-11(8-17)18-6-4-14-9-18/h4,6-7,9,11H,2-3,5,8H2,1H3,(H,15,16,19). The number of nitrogens with one attached hydrogen (secondary N) is 1. The molecule has 0 aromatic carbocycles. The first kappa shape index (κ1) is 12.0. The number of hydrogen-bond donors (Lipinski definition) is 1. The van der Waals surface area contributed by atoms with Crippen molar-refractivity contribution in [2.45, 2.75) is 25.8 Å². The number of piperidine rings is 1. The molecule has 1 fully saturated rings. The van der Waals surface area contributed by atoms with Gasteiger partial charge in [-0.2, -0.15) is 0 Å². The molecule has 1 saturated heterocycles. The molecule has 0 aliphatic carbocycles. The Kier molecular flexibility index (Phi) is 3.06. The maximum atomic E-state index is 11.5. The summed E-state index contributed by atoms with van der Waals surface area (Å²) >= 11 is 0. The number of imidazole rings is 1. The van der Waals surface area contributed by atoms with Crippen LogP contribution in [0.25, 0.3) is 0 Å². The number of rotatable bonds is 2. The van der Waals surface area contributed by atoms with Crippen molar-refractivity contribution >= 4 is 5.82 Å². The Morgan fingerprint density at radius 2 is 2.37 bits per heavy atom. The lowest BCUT2D eigenvalue weighted by atomic mass is 10.1. The zero-order chi connectivity index (χ0) is 13.2. The van der Waals surface area contributed by atoms with Gasteiger partial charge in [0.15, 0.2) is 0 Å². The first-order valence-electron chi connectivity index (χ1n) is 6.53. The minimum absolute atomic E-state index is 0.0905. The molecule has 2 aromatic heterocycles. The van der Waals surface area contributed by atoms with Gasteiger partial charge in [-0.3, -0.25) is 4.79 Å². The maximum absolute atomic E-state index is 11.5. The summed E-state index contributed by atoms with van der Waals surface area (Å²) in [6.45, 7) is 3.62. The van der Waals surface area contributed by atoms with E-state index in [-0.39, 0.29) is 5.56 Å². The number of hydrogen-bond acceptors (Lipinski definition) is 4. The quantitative estimate of drug-likeness (QED) is 0.877. The number of aromatic amines is 1. The van der Waals surface area contributed by atoms with Crippen LogP contribution in [0.4, 0.5) is 5.82 Å². The van der Waals surface area contributed by atoms with E-state index < -0.39 is 0 Å². The van der Waals surface area contributed by atoms with E-state index in [2.05, 4.69) is 24.4 Å². The third kappa shape index (κ3) is 2.52. The van der Waals surface area contributed by atoms with Crippen LogP contribution in [-0.4, -0.2) is 32.6 Å². The van der Waals surface area contributed by atoms with Crippen molar-refractivity contribution in [3.8, 4) is 0 Å². The van der Waals surface area contributed by atoms with Crippen LogP contribution in [0.3, 0.4) is 0 Å². The van der Waals surface area contributed by atoms with Crippen molar-refractivity contribution in [2.75, 3.05) is 18.0 Å². The number of anilines is 1. The summed E-state index contributed by atoms with van der Waals surface area (Å²) in [7, 11) is 0. The summed E-state index contributed by atoms with van der Waals surface area (Å²) in [4.78, 5) is 24.9. The summed E-state index contributed by atoms with van der Waals surface area (Å²) in [6.07, 6.45) is 7.87. The van der Waals surface area contributed by atoms with Crippen LogP contribution < -0.4 is 10.5 Å². The lowest BCUT2D eigenvalue weighted by Crippen LogP contribution is -2.37. The van der Waals surface area contributed by atoms with Gasteiger partial charge in [0.2, 0.25) is 0 Å². The molecular formula is C13H17N5O. The van der Waals surface area contributed by atoms with Crippen molar-refractivity contribution in [3.63, 3.8) is 0 Å². The van der Waals surface area contributed by atoms with E-state index in [1.54, 1.807) is 12.3 Å². The molecule has 2 aromatic rings. The first-order chi connectivity index (χ1) is 9.22. The minimum Gasteiger partial charge on any atom is -0.354 e. The molecule has 0 amide bonds. The molecule has 0 saturated carbocycles. The van der Waals surface area contributed by atoms with Crippen LogP contribution in [0.15, 0.2) is 29.6 Å². The van der Waals surface area contributed by atoms with E-state index in [9.17, 15) is 4.79 Å². The lowest BCUT2D eigenvalue weighted by molar-refractivity contribution is 0.403. The van der Waals surface area contributed by atoms with E-state index in [4.69, 9.17) is 0 Å². The molecule has 0 bridgehead atoms. The van der Waals surface area contributed by atoms with Gasteiger partial charge in [-0.25, -0.2) is 9.97 Å². The molecule has 19 heavy (non-hydrogen) atoms. The van der Waals surface area contributed by atoms with Gasteiger partial charge in [-0.1, -0.05) is 0 Å². The Bertz CT molecular complexity index is 604. The largest absolute Gasteiger partial charge is 0.354 e. The highest BCUT2D eigenvalue weighted by molar-refractivity contribution is 5.38. The normalized spacial score (nSPS) is 19.6. The molecular weight excluding hydrogens is 242 g/mol. The number of H-pyrrole nitrogens is 1. The van der Waals surface area contributed by atoms with Gasteiger partial charge >= 0.3 is 0 Å². The molecule has 1 aliphatic rings. The molecule has 1 unspecified atom stereocenters. The van der Waals surface area contributed by atoms with Crippen molar-refractivity contribution in [1.82, 2.24) is 19.5 Å². The predicted molar refractivity (Wildman–Crippen MR) is 72.3 cm³/mol. The molecule has 1 aliphatic heterocycles. The summed E-state index contributed by atoms with van der Waals surface area (Å²) < 4.78 is 2.13.